The van der Waals surface area contributed by atoms with Crippen LogP contribution in [0.5, 0.6) is 0 Å². The zero-order valence-electron chi connectivity index (χ0n) is 34.4. The SMILES string of the molecule is CC/C=C/CC(O)/C=C/C=C/CCCCCCCC(=O)OC[C@H](COP(=O)(O)OC[C@@H](O)CO)OC(=O)CCCCCC/C=C\C/C=C\C/C=C\CCCCC. The highest BCUT2D eigenvalue weighted by atomic mass is 31.2. The van der Waals surface area contributed by atoms with Crippen molar-refractivity contribution < 1.29 is 52.9 Å². The molecule has 4 N–H and O–H groups in total. The van der Waals surface area contributed by atoms with Crippen molar-refractivity contribution in [2.75, 3.05) is 26.4 Å². The van der Waals surface area contributed by atoms with Gasteiger partial charge in [-0.3, -0.25) is 18.6 Å². The lowest BCUT2D eigenvalue weighted by molar-refractivity contribution is -0.161. The van der Waals surface area contributed by atoms with Gasteiger partial charge in [0.1, 0.15) is 12.7 Å². The molecule has 0 heterocycles. The van der Waals surface area contributed by atoms with E-state index in [9.17, 15) is 29.3 Å². The van der Waals surface area contributed by atoms with Gasteiger partial charge in [0.15, 0.2) is 6.10 Å². The molecule has 0 aliphatic carbocycles. The van der Waals surface area contributed by atoms with Crippen LogP contribution in [0.15, 0.2) is 72.9 Å². The van der Waals surface area contributed by atoms with Crippen molar-refractivity contribution in [2.45, 2.75) is 167 Å². The van der Waals surface area contributed by atoms with Gasteiger partial charge < -0.3 is 29.7 Å². The van der Waals surface area contributed by atoms with Gasteiger partial charge in [-0.05, 0) is 77.0 Å². The fraction of sp³-hybridized carbons (Fsp3) is 0.682. The number of aliphatic hydroxyl groups is 3. The van der Waals surface area contributed by atoms with E-state index in [4.69, 9.17) is 19.1 Å². The zero-order valence-corrected chi connectivity index (χ0v) is 35.3. The number of phosphoric acid groups is 1. The van der Waals surface area contributed by atoms with Crippen LogP contribution >= 0.6 is 7.82 Å². The predicted molar refractivity (Wildman–Crippen MR) is 225 cm³/mol. The number of aliphatic hydroxyl groups excluding tert-OH is 3. The summed E-state index contributed by atoms with van der Waals surface area (Å²) in [6.45, 7) is 2.05. The zero-order chi connectivity index (χ0) is 41.4. The second-order valence-electron chi connectivity index (χ2n) is 13.8. The molecule has 56 heavy (non-hydrogen) atoms. The van der Waals surface area contributed by atoms with Crippen molar-refractivity contribution in [1.82, 2.24) is 0 Å². The summed E-state index contributed by atoms with van der Waals surface area (Å²) in [6.07, 6.45) is 40.5. The summed E-state index contributed by atoms with van der Waals surface area (Å²) in [5, 5.41) is 28.2. The fourth-order valence-corrected chi connectivity index (χ4v) is 5.94. The van der Waals surface area contributed by atoms with Gasteiger partial charge in [0.05, 0.1) is 25.9 Å². The number of carbonyl (C=O) groups is 2. The van der Waals surface area contributed by atoms with Crippen LogP contribution in [-0.2, 0) is 32.7 Å². The molecular weight excluding hydrogens is 735 g/mol. The molecule has 0 fully saturated rings. The first-order chi connectivity index (χ1) is 27.1. The molecule has 12 heteroatoms. The number of unbranched alkanes of at least 4 members (excludes halogenated alkanes) is 12. The molecule has 0 aromatic carbocycles. The first kappa shape index (κ1) is 53.4. The van der Waals surface area contributed by atoms with Crippen molar-refractivity contribution in [3.8, 4) is 0 Å². The fourth-order valence-electron chi connectivity index (χ4n) is 5.15. The van der Waals surface area contributed by atoms with Crippen LogP contribution in [-0.4, -0.2) is 76.9 Å². The van der Waals surface area contributed by atoms with Crippen LogP contribution in [0.4, 0.5) is 0 Å². The van der Waals surface area contributed by atoms with Crippen molar-refractivity contribution in [3.05, 3.63) is 72.9 Å². The van der Waals surface area contributed by atoms with E-state index >= 15 is 0 Å². The lowest BCUT2D eigenvalue weighted by Crippen LogP contribution is -2.29. The van der Waals surface area contributed by atoms with Crippen LogP contribution < -0.4 is 0 Å². The Morgan fingerprint density at radius 3 is 1.80 bits per heavy atom. The van der Waals surface area contributed by atoms with Crippen LogP contribution in [0.25, 0.3) is 0 Å². The van der Waals surface area contributed by atoms with Crippen molar-refractivity contribution in [1.29, 1.82) is 0 Å². The van der Waals surface area contributed by atoms with E-state index in [0.717, 1.165) is 83.5 Å². The molecule has 0 saturated heterocycles. The predicted octanol–water partition coefficient (Wildman–Crippen LogP) is 9.86. The number of ether oxygens (including phenoxy) is 2. The quantitative estimate of drug-likeness (QED) is 0.0154. The molecule has 2 unspecified atom stereocenters. The highest BCUT2D eigenvalue weighted by molar-refractivity contribution is 7.47. The standard InChI is InChI=1S/C44H75O11P/c1-3-5-7-8-9-10-11-12-13-14-15-16-17-20-24-27-31-35-44(49)55-42(39-54-56(50,51)53-37-41(47)36-45)38-52-43(48)34-30-26-23-21-18-19-22-25-29-33-40(46)32-28-6-4-2/h6,9-10,12-13,15-16,22,25,28-29,33,40-42,45-47H,3-5,7-8,11,14,17-21,23-24,26-27,30-32,34-39H2,1-2H3,(H,50,51)/b10-9-,13-12-,16-15-,25-22+,28-6+,33-29+/t40?,41-,42+/m0/s1. The second-order valence-corrected chi connectivity index (χ2v) is 15.3. The Balaban J connectivity index is 4.44. The molecule has 0 amide bonds. The van der Waals surface area contributed by atoms with E-state index < -0.39 is 57.9 Å². The van der Waals surface area contributed by atoms with E-state index in [-0.39, 0.29) is 19.4 Å². The molecule has 0 radical (unpaired) electrons. The van der Waals surface area contributed by atoms with E-state index in [1.807, 2.05) is 24.3 Å². The molecule has 0 saturated carbocycles. The lowest BCUT2D eigenvalue weighted by atomic mass is 10.1. The number of carbonyl (C=O) groups excluding carboxylic acids is 2. The van der Waals surface area contributed by atoms with Gasteiger partial charge >= 0.3 is 19.8 Å². The third-order valence-corrected chi connectivity index (χ3v) is 9.38. The van der Waals surface area contributed by atoms with E-state index in [2.05, 4.69) is 60.9 Å². The molecule has 0 aromatic rings. The molecule has 0 bridgehead atoms. The summed E-state index contributed by atoms with van der Waals surface area (Å²) in [5.41, 5.74) is 0. The van der Waals surface area contributed by atoms with Gasteiger partial charge in [-0.15, -0.1) is 0 Å². The summed E-state index contributed by atoms with van der Waals surface area (Å²) < 4.78 is 32.6. The van der Waals surface area contributed by atoms with Gasteiger partial charge in [-0.2, -0.15) is 0 Å². The maximum Gasteiger partial charge on any atom is 0.472 e. The first-order valence-electron chi connectivity index (χ1n) is 21.0. The van der Waals surface area contributed by atoms with Gasteiger partial charge in [0.25, 0.3) is 0 Å². The number of esters is 2. The summed E-state index contributed by atoms with van der Waals surface area (Å²) in [4.78, 5) is 35.0. The molecule has 0 aromatic heterocycles. The smallest absolute Gasteiger partial charge is 0.462 e. The molecule has 322 valence electrons. The highest BCUT2D eigenvalue weighted by Crippen LogP contribution is 2.43. The van der Waals surface area contributed by atoms with Gasteiger partial charge in [-0.1, -0.05) is 132 Å². The third kappa shape index (κ3) is 38.3. The van der Waals surface area contributed by atoms with Gasteiger partial charge in [-0.25, -0.2) is 4.57 Å². The summed E-state index contributed by atoms with van der Waals surface area (Å²) in [7, 11) is -4.64. The topological polar surface area (TPSA) is 169 Å². The van der Waals surface area contributed by atoms with E-state index in [0.29, 0.717) is 19.3 Å². The second kappa shape index (κ2) is 39.2. The summed E-state index contributed by atoms with van der Waals surface area (Å²) >= 11 is 0. The minimum absolute atomic E-state index is 0.140. The average Bonchev–Trinajstić information content (AvgIpc) is 3.18. The largest absolute Gasteiger partial charge is 0.472 e. The first-order valence-corrected chi connectivity index (χ1v) is 22.5. The summed E-state index contributed by atoms with van der Waals surface area (Å²) in [5.74, 6) is -1.01. The lowest BCUT2D eigenvalue weighted by Gasteiger charge is -2.20. The minimum atomic E-state index is -4.64. The Morgan fingerprint density at radius 1 is 0.625 bits per heavy atom. The number of allylic oxidation sites excluding steroid dienone is 10. The Bertz CT molecular complexity index is 1180. The Hall–Kier alpha value is -2.63. The number of hydrogen-bond acceptors (Lipinski definition) is 10. The number of rotatable bonds is 38. The van der Waals surface area contributed by atoms with Crippen LogP contribution in [0.1, 0.15) is 149 Å². The number of hydrogen-bond donors (Lipinski definition) is 4. The van der Waals surface area contributed by atoms with Gasteiger partial charge in [0, 0.05) is 12.8 Å². The monoisotopic (exact) mass is 811 g/mol. The molecule has 4 atom stereocenters. The Labute approximate surface area is 338 Å². The van der Waals surface area contributed by atoms with Crippen LogP contribution in [0, 0.1) is 0 Å². The van der Waals surface area contributed by atoms with Gasteiger partial charge in [0.2, 0.25) is 0 Å². The highest BCUT2D eigenvalue weighted by Gasteiger charge is 2.27. The molecule has 0 aliphatic heterocycles. The normalized spacial score (nSPS) is 15.2. The minimum Gasteiger partial charge on any atom is -0.462 e. The summed E-state index contributed by atoms with van der Waals surface area (Å²) in [6, 6.07) is 0. The maximum atomic E-state index is 12.6. The molecule has 0 spiro atoms. The van der Waals surface area contributed by atoms with Crippen LogP contribution in [0.3, 0.4) is 0 Å². The van der Waals surface area contributed by atoms with Crippen molar-refractivity contribution in [3.63, 3.8) is 0 Å². The Kier molecular flexibility index (Phi) is 37.4. The van der Waals surface area contributed by atoms with Crippen molar-refractivity contribution >= 4 is 19.8 Å². The molecule has 11 nitrogen and oxygen atoms in total. The van der Waals surface area contributed by atoms with E-state index in [1.165, 1.54) is 19.3 Å². The maximum absolute atomic E-state index is 12.6. The average molecular weight is 811 g/mol. The molecular formula is C44H75O11P. The van der Waals surface area contributed by atoms with Crippen molar-refractivity contribution in [2.24, 2.45) is 0 Å². The number of phosphoric ester groups is 1. The molecule has 0 rings (SSSR count). The Morgan fingerprint density at radius 2 is 1.18 bits per heavy atom. The molecule has 0 aliphatic rings. The van der Waals surface area contributed by atoms with E-state index in [1.54, 1.807) is 6.08 Å². The third-order valence-electron chi connectivity index (χ3n) is 8.43. The van der Waals surface area contributed by atoms with Crippen LogP contribution in [0.2, 0.25) is 0 Å².